The number of carbonyl (C=O) groups excluding carboxylic acids is 1. The van der Waals surface area contributed by atoms with Crippen molar-refractivity contribution in [2.75, 3.05) is 0 Å². The van der Waals surface area contributed by atoms with Crippen LogP contribution in [0.2, 0.25) is 0 Å². The fraction of sp³-hybridized carbons (Fsp3) is 0.417. The van der Waals surface area contributed by atoms with Crippen LogP contribution in [0.4, 0.5) is 0 Å². The number of rotatable bonds is 3. The highest BCUT2D eigenvalue weighted by Crippen LogP contribution is 2.21. The lowest BCUT2D eigenvalue weighted by molar-refractivity contribution is 0.0858. The molecule has 16 heavy (non-hydrogen) atoms. The molecule has 0 aliphatic carbocycles. The van der Waals surface area contributed by atoms with E-state index in [1.54, 1.807) is 18.2 Å². The van der Waals surface area contributed by atoms with Crippen molar-refractivity contribution in [1.82, 2.24) is 0 Å². The summed E-state index contributed by atoms with van der Waals surface area (Å²) in [6, 6.07) is 7.21. The van der Waals surface area contributed by atoms with Crippen LogP contribution in [0.25, 0.3) is 10.4 Å². The Morgan fingerprint density at radius 2 is 2.12 bits per heavy atom. The Morgan fingerprint density at radius 3 is 2.69 bits per heavy atom. The van der Waals surface area contributed by atoms with Crippen molar-refractivity contribution < 1.29 is 4.79 Å². The molecule has 0 radical (unpaired) electrons. The van der Waals surface area contributed by atoms with Crippen LogP contribution in [0, 0.1) is 5.41 Å². The van der Waals surface area contributed by atoms with Gasteiger partial charge < -0.3 is 0 Å². The van der Waals surface area contributed by atoms with Crippen molar-refractivity contribution in [3.05, 3.63) is 45.8 Å². The molecule has 1 aromatic rings. The Kier molecular flexibility index (Phi) is 3.69. The molecule has 1 aromatic carbocycles. The maximum atomic E-state index is 12.0. The summed E-state index contributed by atoms with van der Waals surface area (Å²) in [5.41, 5.74) is 9.35. The van der Waals surface area contributed by atoms with Gasteiger partial charge in [-0.05, 0) is 17.2 Å². The Bertz CT molecular complexity index is 440. The summed E-state index contributed by atoms with van der Waals surface area (Å²) in [7, 11) is 0. The van der Waals surface area contributed by atoms with Crippen molar-refractivity contribution >= 4 is 5.78 Å². The van der Waals surface area contributed by atoms with E-state index in [1.807, 2.05) is 26.8 Å². The molecule has 0 aliphatic rings. The van der Waals surface area contributed by atoms with E-state index < -0.39 is 5.41 Å². The number of azide groups is 1. The summed E-state index contributed by atoms with van der Waals surface area (Å²) in [5, 5.41) is 3.47. The van der Waals surface area contributed by atoms with Crippen LogP contribution in [-0.2, 0) is 6.54 Å². The zero-order chi connectivity index (χ0) is 12.2. The summed E-state index contributed by atoms with van der Waals surface area (Å²) >= 11 is 0. The largest absolute Gasteiger partial charge is 0.294 e. The zero-order valence-electron chi connectivity index (χ0n) is 9.77. The van der Waals surface area contributed by atoms with E-state index in [0.717, 1.165) is 5.56 Å². The molecule has 1 rings (SSSR count). The fourth-order valence-corrected chi connectivity index (χ4v) is 1.36. The molecule has 0 aliphatic heterocycles. The Balaban J connectivity index is 2.98. The minimum atomic E-state index is -0.392. The lowest BCUT2D eigenvalue weighted by atomic mass is 9.86. The number of hydrogen-bond acceptors (Lipinski definition) is 2. The predicted molar refractivity (Wildman–Crippen MR) is 63.1 cm³/mol. The SMILES string of the molecule is CC(C)(C)C(=O)c1cccc(CN=[N+]=[N-])c1. The van der Waals surface area contributed by atoms with Gasteiger partial charge in [-0.15, -0.1) is 0 Å². The molecule has 0 saturated heterocycles. The van der Waals surface area contributed by atoms with E-state index in [4.69, 9.17) is 5.53 Å². The summed E-state index contributed by atoms with van der Waals surface area (Å²) in [5.74, 6) is 0.0929. The second-order valence-electron chi connectivity index (χ2n) is 4.67. The van der Waals surface area contributed by atoms with Gasteiger partial charge in [0.15, 0.2) is 5.78 Å². The molecular formula is C12H15N3O. The number of hydrogen-bond donors (Lipinski definition) is 0. The molecule has 0 atom stereocenters. The summed E-state index contributed by atoms with van der Waals surface area (Å²) in [6.45, 7) is 5.93. The van der Waals surface area contributed by atoms with Crippen LogP contribution in [0.1, 0.15) is 36.7 Å². The first kappa shape index (κ1) is 12.3. The predicted octanol–water partition coefficient (Wildman–Crippen LogP) is 3.73. The van der Waals surface area contributed by atoms with Gasteiger partial charge in [-0.25, -0.2) is 0 Å². The van der Waals surface area contributed by atoms with Gasteiger partial charge in [0.05, 0.1) is 6.54 Å². The van der Waals surface area contributed by atoms with Gasteiger partial charge in [-0.2, -0.15) is 0 Å². The summed E-state index contributed by atoms with van der Waals surface area (Å²) in [4.78, 5) is 14.7. The van der Waals surface area contributed by atoms with Crippen molar-refractivity contribution in [3.8, 4) is 0 Å². The molecule has 0 spiro atoms. The van der Waals surface area contributed by atoms with Crippen LogP contribution in [0.5, 0.6) is 0 Å². The van der Waals surface area contributed by atoms with Crippen LogP contribution < -0.4 is 0 Å². The lowest BCUT2D eigenvalue weighted by Gasteiger charge is -2.16. The molecular weight excluding hydrogens is 202 g/mol. The molecule has 0 N–H and O–H groups in total. The molecule has 0 unspecified atom stereocenters. The molecule has 4 heteroatoms. The highest BCUT2D eigenvalue weighted by atomic mass is 16.1. The monoisotopic (exact) mass is 217 g/mol. The van der Waals surface area contributed by atoms with Gasteiger partial charge in [0.2, 0.25) is 0 Å². The standard InChI is InChI=1S/C12H15N3O/c1-12(2,3)11(16)10-6-4-5-9(7-10)8-14-15-13/h4-7H,8H2,1-3H3. The summed E-state index contributed by atoms with van der Waals surface area (Å²) in [6.07, 6.45) is 0. The number of benzene rings is 1. The average Bonchev–Trinajstić information content (AvgIpc) is 2.24. The van der Waals surface area contributed by atoms with Crippen LogP contribution in [0.3, 0.4) is 0 Å². The van der Waals surface area contributed by atoms with Crippen molar-refractivity contribution in [2.24, 2.45) is 10.5 Å². The maximum absolute atomic E-state index is 12.0. The highest BCUT2D eigenvalue weighted by Gasteiger charge is 2.22. The van der Waals surface area contributed by atoms with Crippen LogP contribution in [0.15, 0.2) is 29.4 Å². The zero-order valence-corrected chi connectivity index (χ0v) is 9.77. The van der Waals surface area contributed by atoms with Crippen molar-refractivity contribution in [3.63, 3.8) is 0 Å². The van der Waals surface area contributed by atoms with E-state index in [2.05, 4.69) is 10.0 Å². The van der Waals surface area contributed by atoms with E-state index in [0.29, 0.717) is 5.56 Å². The van der Waals surface area contributed by atoms with Crippen LogP contribution in [-0.4, -0.2) is 5.78 Å². The van der Waals surface area contributed by atoms with Gasteiger partial charge in [-0.1, -0.05) is 44.1 Å². The lowest BCUT2D eigenvalue weighted by Crippen LogP contribution is -2.20. The molecule has 84 valence electrons. The third-order valence-corrected chi connectivity index (χ3v) is 2.19. The first-order valence-corrected chi connectivity index (χ1v) is 5.10. The Morgan fingerprint density at radius 1 is 1.44 bits per heavy atom. The van der Waals surface area contributed by atoms with Gasteiger partial charge >= 0.3 is 0 Å². The molecule has 0 bridgehead atoms. The Labute approximate surface area is 94.9 Å². The fourth-order valence-electron chi connectivity index (χ4n) is 1.36. The number of nitrogens with zero attached hydrogens (tertiary/aromatic N) is 3. The molecule has 0 amide bonds. The minimum absolute atomic E-state index is 0.0929. The molecule has 4 nitrogen and oxygen atoms in total. The quantitative estimate of drug-likeness (QED) is 0.329. The molecule has 0 aromatic heterocycles. The Hall–Kier alpha value is -1.80. The molecule has 0 saturated carbocycles. The van der Waals surface area contributed by atoms with Gasteiger partial charge in [0.25, 0.3) is 0 Å². The second-order valence-corrected chi connectivity index (χ2v) is 4.67. The first-order chi connectivity index (χ1) is 7.45. The number of carbonyl (C=O) groups is 1. The average molecular weight is 217 g/mol. The third-order valence-electron chi connectivity index (χ3n) is 2.19. The third kappa shape index (κ3) is 3.11. The van der Waals surface area contributed by atoms with Crippen LogP contribution >= 0.6 is 0 Å². The maximum Gasteiger partial charge on any atom is 0.168 e. The first-order valence-electron chi connectivity index (χ1n) is 5.10. The van der Waals surface area contributed by atoms with Gasteiger partial charge in [0, 0.05) is 15.9 Å². The van der Waals surface area contributed by atoms with Gasteiger partial charge in [-0.3, -0.25) is 4.79 Å². The second kappa shape index (κ2) is 4.81. The molecule has 0 heterocycles. The van der Waals surface area contributed by atoms with Gasteiger partial charge in [0.1, 0.15) is 0 Å². The van der Waals surface area contributed by atoms with Crippen molar-refractivity contribution in [1.29, 1.82) is 0 Å². The molecule has 0 fully saturated rings. The number of ketones is 1. The van der Waals surface area contributed by atoms with E-state index in [-0.39, 0.29) is 12.3 Å². The highest BCUT2D eigenvalue weighted by molar-refractivity contribution is 5.99. The smallest absolute Gasteiger partial charge is 0.168 e. The number of Topliss-reactive ketones (excluding diaryl/α,β-unsaturated/α-hetero) is 1. The van der Waals surface area contributed by atoms with Crippen molar-refractivity contribution in [2.45, 2.75) is 27.3 Å². The van der Waals surface area contributed by atoms with E-state index >= 15 is 0 Å². The van der Waals surface area contributed by atoms with E-state index in [1.165, 1.54) is 0 Å². The normalized spacial score (nSPS) is 10.7. The summed E-state index contributed by atoms with van der Waals surface area (Å²) < 4.78 is 0. The minimum Gasteiger partial charge on any atom is -0.294 e. The topological polar surface area (TPSA) is 65.8 Å². The van der Waals surface area contributed by atoms with E-state index in [9.17, 15) is 4.79 Å².